The third kappa shape index (κ3) is 4.84. The second-order valence-corrected chi connectivity index (χ2v) is 6.51. The lowest BCUT2D eigenvalue weighted by Crippen LogP contribution is -2.21. The van der Waals surface area contributed by atoms with Gasteiger partial charge in [-0.2, -0.15) is 10.4 Å². The Kier molecular flexibility index (Phi) is 6.55. The highest BCUT2D eigenvalue weighted by molar-refractivity contribution is 6.32. The van der Waals surface area contributed by atoms with Crippen molar-refractivity contribution in [2.24, 2.45) is 0 Å². The van der Waals surface area contributed by atoms with Gasteiger partial charge in [-0.1, -0.05) is 23.7 Å². The van der Waals surface area contributed by atoms with Gasteiger partial charge in [0.15, 0.2) is 0 Å². The van der Waals surface area contributed by atoms with Crippen LogP contribution in [0.25, 0.3) is 16.9 Å². The monoisotopic (exact) mass is 398 g/mol. The molecule has 0 saturated carbocycles. The average molecular weight is 399 g/mol. The lowest BCUT2D eigenvalue weighted by molar-refractivity contribution is -0.00535. The molecule has 9 heteroatoms. The summed E-state index contributed by atoms with van der Waals surface area (Å²) in [5.74, 6) is 0.138. The maximum absolute atomic E-state index is 9.13. The van der Waals surface area contributed by atoms with Crippen molar-refractivity contribution in [3.05, 3.63) is 53.4 Å². The van der Waals surface area contributed by atoms with Gasteiger partial charge in [-0.05, 0) is 25.0 Å². The molecule has 1 unspecified atom stereocenters. The maximum atomic E-state index is 9.13. The number of aromatic nitrogens is 4. The first-order chi connectivity index (χ1) is 13.6. The van der Waals surface area contributed by atoms with Gasteiger partial charge >= 0.3 is 0 Å². The zero-order valence-corrected chi connectivity index (χ0v) is 15.8. The number of anilines is 1. The van der Waals surface area contributed by atoms with Crippen molar-refractivity contribution < 1.29 is 9.84 Å². The summed E-state index contributed by atoms with van der Waals surface area (Å²) < 4.78 is 6.53. The zero-order valence-electron chi connectivity index (χ0n) is 15.0. The van der Waals surface area contributed by atoms with Crippen LogP contribution in [0.15, 0.2) is 42.9 Å². The van der Waals surface area contributed by atoms with Crippen LogP contribution in [0, 0.1) is 11.3 Å². The summed E-state index contributed by atoms with van der Waals surface area (Å²) in [5, 5.41) is 22.6. The van der Waals surface area contributed by atoms with Gasteiger partial charge in [-0.3, -0.25) is 0 Å². The van der Waals surface area contributed by atoms with Crippen molar-refractivity contribution in [2.45, 2.75) is 18.9 Å². The van der Waals surface area contributed by atoms with Gasteiger partial charge in [0.05, 0.1) is 47.1 Å². The van der Waals surface area contributed by atoms with E-state index in [-0.39, 0.29) is 12.1 Å². The van der Waals surface area contributed by atoms with E-state index in [0.29, 0.717) is 34.1 Å². The quantitative estimate of drug-likeness (QED) is 0.679. The minimum Gasteiger partial charge on any atom is -0.391 e. The van der Waals surface area contributed by atoms with E-state index >= 15 is 0 Å². The lowest BCUT2D eigenvalue weighted by Gasteiger charge is -2.15. The van der Waals surface area contributed by atoms with Crippen LogP contribution in [0.4, 0.5) is 5.95 Å². The van der Waals surface area contributed by atoms with Gasteiger partial charge in [0, 0.05) is 18.4 Å². The normalized spacial score (nSPS) is 16.0. The Morgan fingerprint density at radius 2 is 2.14 bits per heavy atom. The molecule has 3 N–H and O–H groups in total. The molecule has 1 saturated heterocycles. The summed E-state index contributed by atoms with van der Waals surface area (Å²) in [5.41, 5.74) is 7.99. The third-order valence-corrected chi connectivity index (χ3v) is 4.30. The Hall–Kier alpha value is -2.99. The molecule has 0 aliphatic carbocycles. The molecule has 1 aliphatic heterocycles. The summed E-state index contributed by atoms with van der Waals surface area (Å²) in [6, 6.07) is 9.31. The van der Waals surface area contributed by atoms with Gasteiger partial charge in [0.1, 0.15) is 6.07 Å². The Labute approximate surface area is 167 Å². The molecule has 1 atom stereocenters. The number of ether oxygens (including phenoxy) is 1. The minimum atomic E-state index is -0.186. The Morgan fingerprint density at radius 1 is 1.32 bits per heavy atom. The van der Waals surface area contributed by atoms with Gasteiger partial charge in [-0.25, -0.2) is 14.6 Å². The summed E-state index contributed by atoms with van der Waals surface area (Å²) in [6.07, 6.45) is 6.54. The van der Waals surface area contributed by atoms with Crippen molar-refractivity contribution in [3.63, 3.8) is 0 Å². The van der Waals surface area contributed by atoms with E-state index in [0.717, 1.165) is 19.4 Å². The van der Waals surface area contributed by atoms with E-state index in [2.05, 4.69) is 21.1 Å². The maximum Gasteiger partial charge on any atom is 0.220 e. The first-order valence-corrected chi connectivity index (χ1v) is 9.04. The predicted molar refractivity (Wildman–Crippen MR) is 105 cm³/mol. The molecule has 1 aliphatic rings. The van der Waals surface area contributed by atoms with E-state index in [1.54, 1.807) is 29.2 Å². The number of nitrogens with two attached hydrogens (primary N) is 1. The first kappa shape index (κ1) is 19.8. The summed E-state index contributed by atoms with van der Waals surface area (Å²) in [4.78, 5) is 7.93. The number of nitriles is 1. The molecular formula is C19H19ClN6O2. The molecule has 1 aromatic carbocycles. The highest BCUT2D eigenvalue weighted by atomic mass is 35.5. The van der Waals surface area contributed by atoms with E-state index in [4.69, 9.17) is 32.4 Å². The molecule has 144 valence electrons. The second kappa shape index (κ2) is 9.28. The van der Waals surface area contributed by atoms with Crippen molar-refractivity contribution >= 4 is 17.5 Å². The Balaban J connectivity index is 0.000000271. The van der Waals surface area contributed by atoms with E-state index < -0.39 is 0 Å². The highest BCUT2D eigenvalue weighted by Crippen LogP contribution is 2.26. The van der Waals surface area contributed by atoms with Gasteiger partial charge in [0.2, 0.25) is 5.95 Å². The van der Waals surface area contributed by atoms with Crippen LogP contribution in [-0.4, -0.2) is 44.2 Å². The molecule has 0 amide bonds. The van der Waals surface area contributed by atoms with Gasteiger partial charge < -0.3 is 15.6 Å². The van der Waals surface area contributed by atoms with Crippen LogP contribution in [-0.2, 0) is 4.74 Å². The van der Waals surface area contributed by atoms with Crippen molar-refractivity contribution in [2.75, 3.05) is 18.9 Å². The molecular weight excluding hydrogens is 380 g/mol. The van der Waals surface area contributed by atoms with Gasteiger partial charge in [0.25, 0.3) is 0 Å². The molecule has 1 fully saturated rings. The van der Waals surface area contributed by atoms with E-state index in [9.17, 15) is 0 Å². The number of rotatable bonds is 2. The average Bonchev–Trinajstić information content (AvgIpc) is 3.20. The zero-order chi connectivity index (χ0) is 19.9. The molecule has 0 bridgehead atoms. The van der Waals surface area contributed by atoms with Crippen molar-refractivity contribution in [3.8, 4) is 23.0 Å². The van der Waals surface area contributed by atoms with Crippen LogP contribution >= 0.6 is 11.6 Å². The first-order valence-electron chi connectivity index (χ1n) is 8.67. The van der Waals surface area contributed by atoms with Crippen molar-refractivity contribution in [1.82, 2.24) is 19.7 Å². The molecule has 0 spiro atoms. The van der Waals surface area contributed by atoms with Crippen LogP contribution in [0.1, 0.15) is 18.4 Å². The third-order valence-electron chi connectivity index (χ3n) is 4.03. The lowest BCUT2D eigenvalue weighted by atomic mass is 10.2. The molecule has 8 nitrogen and oxygen atoms in total. The number of aliphatic hydroxyl groups excluding tert-OH is 1. The SMILES string of the molecule is N#Cc1ccccc1-n1cc(-c2nc(N)ncc2Cl)cn1.OC1CCCOC1. The number of hydrogen-bond acceptors (Lipinski definition) is 7. The molecule has 28 heavy (non-hydrogen) atoms. The van der Waals surface area contributed by atoms with Crippen LogP contribution < -0.4 is 5.73 Å². The fraction of sp³-hybridized carbons (Fsp3) is 0.263. The molecule has 4 rings (SSSR count). The fourth-order valence-electron chi connectivity index (χ4n) is 2.65. The van der Waals surface area contributed by atoms with Crippen LogP contribution in [0.2, 0.25) is 5.02 Å². The van der Waals surface area contributed by atoms with Crippen molar-refractivity contribution in [1.29, 1.82) is 5.26 Å². The highest BCUT2D eigenvalue weighted by Gasteiger charge is 2.11. The number of benzene rings is 1. The minimum absolute atomic E-state index is 0.138. The fourth-order valence-corrected chi connectivity index (χ4v) is 2.85. The number of aliphatic hydroxyl groups is 1. The molecule has 3 aromatic rings. The van der Waals surface area contributed by atoms with E-state index in [1.165, 1.54) is 6.20 Å². The number of halogens is 1. The molecule has 2 aromatic heterocycles. The number of nitrogens with zero attached hydrogens (tertiary/aromatic N) is 5. The Morgan fingerprint density at radius 3 is 2.82 bits per heavy atom. The standard InChI is InChI=1S/C14H9ClN6.C5H10O2/c15-11-7-18-14(17)20-13(11)10-6-19-21(8-10)12-4-2-1-3-9(12)5-16;6-5-2-1-3-7-4-5/h1-4,6-8H,(H2,17,18,20);5-6H,1-4H2. The Bertz CT molecular complexity index is 979. The number of nitrogen functional groups attached to an aromatic ring is 1. The van der Waals surface area contributed by atoms with Crippen LogP contribution in [0.3, 0.4) is 0 Å². The number of hydrogen-bond donors (Lipinski definition) is 2. The van der Waals surface area contributed by atoms with E-state index in [1.807, 2.05) is 12.1 Å². The predicted octanol–water partition coefficient (Wildman–Crippen LogP) is 2.59. The smallest absolute Gasteiger partial charge is 0.220 e. The van der Waals surface area contributed by atoms with Crippen LogP contribution in [0.5, 0.6) is 0 Å². The second-order valence-electron chi connectivity index (χ2n) is 6.10. The molecule has 0 radical (unpaired) electrons. The summed E-state index contributed by atoms with van der Waals surface area (Å²) >= 11 is 6.07. The van der Waals surface area contributed by atoms with Gasteiger partial charge in [-0.15, -0.1) is 0 Å². The number of para-hydroxylation sites is 1. The topological polar surface area (TPSA) is 123 Å². The summed E-state index contributed by atoms with van der Waals surface area (Å²) in [7, 11) is 0. The largest absolute Gasteiger partial charge is 0.391 e. The summed E-state index contributed by atoms with van der Waals surface area (Å²) in [6.45, 7) is 1.37. The molecule has 3 heterocycles.